The van der Waals surface area contributed by atoms with Gasteiger partial charge in [-0.15, -0.1) is 0 Å². The van der Waals surface area contributed by atoms with Crippen molar-refractivity contribution in [2.75, 3.05) is 5.32 Å². The molecule has 2 aromatic rings. The van der Waals surface area contributed by atoms with Gasteiger partial charge in [-0.3, -0.25) is 0 Å². The fraction of sp³-hybridized carbons (Fsp3) is 0.118. The van der Waals surface area contributed by atoms with Gasteiger partial charge in [0.25, 0.3) is 0 Å². The molecule has 0 spiro atoms. The van der Waals surface area contributed by atoms with Gasteiger partial charge in [0.05, 0.1) is 10.6 Å². The number of anilines is 1. The highest BCUT2D eigenvalue weighted by Gasteiger charge is 2.33. The molecular formula is C17H14ClF3N2O. The largest absolute Gasteiger partial charge is 0.417 e. The predicted molar refractivity (Wildman–Crippen MR) is 88.8 cm³/mol. The van der Waals surface area contributed by atoms with Crippen LogP contribution < -0.4 is 10.6 Å². The average Bonchev–Trinajstić information content (AvgIpc) is 2.50. The molecular weight excluding hydrogens is 341 g/mol. The van der Waals surface area contributed by atoms with Gasteiger partial charge in [-0.25, -0.2) is 4.79 Å². The van der Waals surface area contributed by atoms with E-state index in [1.807, 2.05) is 31.2 Å². The number of hydrogen-bond donors (Lipinski definition) is 2. The number of carbonyl (C=O) groups excluding carboxylic acids is 1. The lowest BCUT2D eigenvalue weighted by atomic mass is 10.1. The predicted octanol–water partition coefficient (Wildman–Crippen LogP) is 5.46. The maximum atomic E-state index is 12.8. The number of carbonyl (C=O) groups is 1. The van der Waals surface area contributed by atoms with E-state index in [1.54, 1.807) is 6.08 Å². The second kappa shape index (κ2) is 7.40. The molecule has 3 nitrogen and oxygen atoms in total. The summed E-state index contributed by atoms with van der Waals surface area (Å²) in [5.41, 5.74) is 0.984. The Hall–Kier alpha value is -2.47. The highest BCUT2D eigenvalue weighted by Crippen LogP contribution is 2.36. The zero-order valence-electron chi connectivity index (χ0n) is 12.6. The third kappa shape index (κ3) is 5.03. The van der Waals surface area contributed by atoms with Crippen molar-refractivity contribution in [2.45, 2.75) is 13.1 Å². The van der Waals surface area contributed by atoms with Crippen LogP contribution in [-0.2, 0) is 6.18 Å². The van der Waals surface area contributed by atoms with E-state index in [0.717, 1.165) is 23.3 Å². The highest BCUT2D eigenvalue weighted by atomic mass is 35.5. The molecule has 2 amide bonds. The van der Waals surface area contributed by atoms with Gasteiger partial charge in [-0.2, -0.15) is 13.2 Å². The number of nitrogens with one attached hydrogen (secondary N) is 2. The molecule has 0 aliphatic rings. The molecule has 0 saturated heterocycles. The maximum absolute atomic E-state index is 12.8. The highest BCUT2D eigenvalue weighted by molar-refractivity contribution is 6.31. The van der Waals surface area contributed by atoms with Gasteiger partial charge in [0, 0.05) is 11.9 Å². The number of rotatable bonds is 3. The Bertz CT molecular complexity index is 755. The Labute approximate surface area is 142 Å². The molecule has 0 heterocycles. The minimum Gasteiger partial charge on any atom is -0.314 e. The van der Waals surface area contributed by atoms with Crippen molar-refractivity contribution < 1.29 is 18.0 Å². The molecule has 2 rings (SSSR count). The molecule has 0 radical (unpaired) electrons. The van der Waals surface area contributed by atoms with Gasteiger partial charge in [-0.05, 0) is 36.8 Å². The maximum Gasteiger partial charge on any atom is 0.417 e. The van der Waals surface area contributed by atoms with Crippen LogP contribution in [0.15, 0.2) is 48.7 Å². The lowest BCUT2D eigenvalue weighted by Crippen LogP contribution is -2.24. The lowest BCUT2D eigenvalue weighted by molar-refractivity contribution is -0.137. The van der Waals surface area contributed by atoms with Crippen LogP contribution in [0.1, 0.15) is 16.7 Å². The minimum absolute atomic E-state index is 0.00652. The van der Waals surface area contributed by atoms with Crippen LogP contribution in [-0.4, -0.2) is 6.03 Å². The Morgan fingerprint density at radius 3 is 2.42 bits per heavy atom. The molecule has 0 unspecified atom stereocenters. The average molecular weight is 355 g/mol. The van der Waals surface area contributed by atoms with E-state index in [0.29, 0.717) is 0 Å². The Morgan fingerprint density at radius 1 is 1.12 bits per heavy atom. The number of urea groups is 1. The summed E-state index contributed by atoms with van der Waals surface area (Å²) in [6.45, 7) is 1.96. The smallest absolute Gasteiger partial charge is 0.314 e. The van der Waals surface area contributed by atoms with Crippen molar-refractivity contribution in [3.63, 3.8) is 0 Å². The fourth-order valence-electron chi connectivity index (χ4n) is 1.88. The van der Waals surface area contributed by atoms with E-state index in [1.165, 1.54) is 12.3 Å². The van der Waals surface area contributed by atoms with Crippen molar-refractivity contribution in [2.24, 2.45) is 0 Å². The molecule has 2 aromatic carbocycles. The van der Waals surface area contributed by atoms with Gasteiger partial charge in [0.1, 0.15) is 0 Å². The third-order valence-corrected chi connectivity index (χ3v) is 3.43. The van der Waals surface area contributed by atoms with Gasteiger partial charge >= 0.3 is 12.2 Å². The van der Waals surface area contributed by atoms with Crippen molar-refractivity contribution in [1.82, 2.24) is 5.32 Å². The molecule has 0 aromatic heterocycles. The Balaban J connectivity index is 1.98. The zero-order valence-corrected chi connectivity index (χ0v) is 13.4. The van der Waals surface area contributed by atoms with E-state index < -0.39 is 22.8 Å². The minimum atomic E-state index is -4.59. The van der Waals surface area contributed by atoms with E-state index in [2.05, 4.69) is 10.6 Å². The molecule has 0 saturated carbocycles. The fourth-order valence-corrected chi connectivity index (χ4v) is 2.10. The standard InChI is InChI=1S/C17H14ClF3N2O/c1-11-2-4-12(5-3-11)8-9-22-16(24)23-13-6-7-15(18)14(10-13)17(19,20)21/h2-10H,1H3,(H2,22,23,24)/b9-8+. The first-order valence-corrected chi connectivity index (χ1v) is 7.31. The van der Waals surface area contributed by atoms with Crippen LogP contribution >= 0.6 is 11.6 Å². The quantitative estimate of drug-likeness (QED) is 0.755. The SMILES string of the molecule is Cc1ccc(/C=C/NC(=O)Nc2ccc(Cl)c(C(F)(F)F)c2)cc1. The van der Waals surface area contributed by atoms with Gasteiger partial charge < -0.3 is 10.6 Å². The van der Waals surface area contributed by atoms with E-state index in [9.17, 15) is 18.0 Å². The number of hydrogen-bond acceptors (Lipinski definition) is 1. The van der Waals surface area contributed by atoms with E-state index >= 15 is 0 Å². The molecule has 7 heteroatoms. The van der Waals surface area contributed by atoms with Crippen LogP contribution in [0.25, 0.3) is 6.08 Å². The Morgan fingerprint density at radius 2 is 1.79 bits per heavy atom. The number of aryl methyl sites for hydroxylation is 1. The summed E-state index contributed by atoms with van der Waals surface area (Å²) in [6, 6.07) is 10.1. The second-order valence-corrected chi connectivity index (χ2v) is 5.44. The molecule has 0 fully saturated rings. The summed E-state index contributed by atoms with van der Waals surface area (Å²) < 4.78 is 38.3. The summed E-state index contributed by atoms with van der Waals surface area (Å²) in [6.07, 6.45) is -1.51. The summed E-state index contributed by atoms with van der Waals surface area (Å²) in [5.74, 6) is 0. The number of alkyl halides is 3. The first-order chi connectivity index (χ1) is 11.3. The summed E-state index contributed by atoms with van der Waals surface area (Å²) in [7, 11) is 0. The molecule has 0 bridgehead atoms. The molecule has 126 valence electrons. The number of halogens is 4. The normalized spacial score (nSPS) is 11.5. The first-order valence-electron chi connectivity index (χ1n) is 6.93. The topological polar surface area (TPSA) is 41.1 Å². The third-order valence-electron chi connectivity index (χ3n) is 3.10. The van der Waals surface area contributed by atoms with Crippen molar-refractivity contribution in [1.29, 1.82) is 0 Å². The molecule has 0 aliphatic carbocycles. The number of benzene rings is 2. The van der Waals surface area contributed by atoms with Crippen molar-refractivity contribution in [3.05, 3.63) is 70.4 Å². The lowest BCUT2D eigenvalue weighted by Gasteiger charge is -2.11. The molecule has 0 atom stereocenters. The monoisotopic (exact) mass is 354 g/mol. The van der Waals surface area contributed by atoms with E-state index in [-0.39, 0.29) is 5.69 Å². The molecule has 0 aliphatic heterocycles. The summed E-state index contributed by atoms with van der Waals surface area (Å²) in [4.78, 5) is 11.7. The van der Waals surface area contributed by atoms with Gasteiger partial charge in [0.15, 0.2) is 0 Å². The number of amides is 2. The van der Waals surface area contributed by atoms with Crippen molar-refractivity contribution in [3.8, 4) is 0 Å². The van der Waals surface area contributed by atoms with Gasteiger partial charge in [0.2, 0.25) is 0 Å². The van der Waals surface area contributed by atoms with Crippen LogP contribution in [0.4, 0.5) is 23.7 Å². The Kier molecular flexibility index (Phi) is 5.51. The van der Waals surface area contributed by atoms with Crippen LogP contribution in [0.3, 0.4) is 0 Å². The summed E-state index contributed by atoms with van der Waals surface area (Å²) in [5, 5.41) is 4.32. The van der Waals surface area contributed by atoms with Gasteiger partial charge in [-0.1, -0.05) is 41.4 Å². The molecule has 2 N–H and O–H groups in total. The summed E-state index contributed by atoms with van der Waals surface area (Å²) >= 11 is 5.52. The van der Waals surface area contributed by atoms with Crippen LogP contribution in [0.5, 0.6) is 0 Å². The second-order valence-electron chi connectivity index (χ2n) is 5.03. The van der Waals surface area contributed by atoms with Crippen molar-refractivity contribution >= 4 is 29.4 Å². The zero-order chi connectivity index (χ0) is 17.7. The first kappa shape index (κ1) is 17.9. The van der Waals surface area contributed by atoms with Crippen LogP contribution in [0, 0.1) is 6.92 Å². The molecule has 24 heavy (non-hydrogen) atoms. The van der Waals surface area contributed by atoms with E-state index in [4.69, 9.17) is 11.6 Å². The van der Waals surface area contributed by atoms with Crippen LogP contribution in [0.2, 0.25) is 5.02 Å².